The fourth-order valence-electron chi connectivity index (χ4n) is 0.933. The van der Waals surface area contributed by atoms with Crippen molar-refractivity contribution < 1.29 is 9.13 Å². The summed E-state index contributed by atoms with van der Waals surface area (Å²) >= 11 is 1.04. The number of hydrogen-bond acceptors (Lipinski definition) is 3. The van der Waals surface area contributed by atoms with Crippen LogP contribution in [0.1, 0.15) is 5.56 Å². The average molecular weight is 199 g/mol. The van der Waals surface area contributed by atoms with E-state index < -0.39 is 0 Å². The van der Waals surface area contributed by atoms with Gasteiger partial charge in [-0.05, 0) is 30.1 Å². The van der Waals surface area contributed by atoms with Gasteiger partial charge in [0.25, 0.3) is 0 Å². The summed E-state index contributed by atoms with van der Waals surface area (Å²) in [5.74, 6) is 0.0819. The Labute approximate surface area is 80.7 Å². The van der Waals surface area contributed by atoms with Gasteiger partial charge in [-0.3, -0.25) is 5.14 Å². The topological polar surface area (TPSA) is 35.2 Å². The Morgan fingerprint density at radius 2 is 2.31 bits per heavy atom. The van der Waals surface area contributed by atoms with E-state index in [2.05, 4.69) is 6.58 Å². The molecule has 0 radical (unpaired) electrons. The molecule has 4 heteroatoms. The van der Waals surface area contributed by atoms with E-state index in [-0.39, 0.29) is 5.82 Å². The fourth-order valence-corrected chi connectivity index (χ4v) is 1.38. The predicted molar refractivity (Wildman–Crippen MR) is 52.5 cm³/mol. The maximum absolute atomic E-state index is 12.8. The summed E-state index contributed by atoms with van der Waals surface area (Å²) < 4.78 is 17.7. The van der Waals surface area contributed by atoms with Gasteiger partial charge in [0.2, 0.25) is 0 Å². The molecule has 1 rings (SSSR count). The van der Waals surface area contributed by atoms with E-state index in [1.165, 1.54) is 19.2 Å². The lowest BCUT2D eigenvalue weighted by Gasteiger charge is -2.08. The van der Waals surface area contributed by atoms with E-state index >= 15 is 0 Å². The maximum Gasteiger partial charge on any atom is 0.124 e. The van der Waals surface area contributed by atoms with Crippen LogP contribution in [0.4, 0.5) is 4.39 Å². The SMILES string of the molecule is C=C(OC)c1cc(F)ccc1SN. The van der Waals surface area contributed by atoms with Gasteiger partial charge in [0, 0.05) is 10.5 Å². The monoisotopic (exact) mass is 199 g/mol. The summed E-state index contributed by atoms with van der Waals surface area (Å²) in [5.41, 5.74) is 0.593. The van der Waals surface area contributed by atoms with E-state index in [9.17, 15) is 4.39 Å². The lowest BCUT2D eigenvalue weighted by atomic mass is 10.2. The van der Waals surface area contributed by atoms with Gasteiger partial charge in [-0.25, -0.2) is 4.39 Å². The van der Waals surface area contributed by atoms with Gasteiger partial charge in [0.15, 0.2) is 0 Å². The van der Waals surface area contributed by atoms with E-state index in [1.54, 1.807) is 6.07 Å². The smallest absolute Gasteiger partial charge is 0.124 e. The summed E-state index contributed by atoms with van der Waals surface area (Å²) in [6, 6.07) is 4.29. The molecule has 0 aliphatic heterocycles. The summed E-state index contributed by atoms with van der Waals surface area (Å²) in [6.45, 7) is 3.64. The van der Waals surface area contributed by atoms with Crippen LogP contribution in [-0.2, 0) is 4.74 Å². The molecule has 70 valence electrons. The molecule has 0 aliphatic rings. The second-order valence-corrected chi connectivity index (χ2v) is 3.06. The molecule has 0 saturated heterocycles. The first kappa shape index (κ1) is 10.1. The first-order valence-electron chi connectivity index (χ1n) is 3.58. The highest BCUT2D eigenvalue weighted by Crippen LogP contribution is 2.25. The van der Waals surface area contributed by atoms with Crippen molar-refractivity contribution in [3.8, 4) is 0 Å². The molecule has 0 saturated carbocycles. The lowest BCUT2D eigenvalue weighted by Crippen LogP contribution is -1.92. The fraction of sp³-hybridized carbons (Fsp3) is 0.111. The van der Waals surface area contributed by atoms with Crippen molar-refractivity contribution in [2.45, 2.75) is 4.90 Å². The van der Waals surface area contributed by atoms with Crippen LogP contribution in [0.5, 0.6) is 0 Å². The van der Waals surface area contributed by atoms with Gasteiger partial charge in [0.05, 0.1) is 7.11 Å². The Kier molecular flexibility index (Phi) is 3.33. The van der Waals surface area contributed by atoms with Crippen molar-refractivity contribution in [3.63, 3.8) is 0 Å². The van der Waals surface area contributed by atoms with Gasteiger partial charge >= 0.3 is 0 Å². The molecular formula is C9H10FNOS. The summed E-state index contributed by atoms with van der Waals surface area (Å²) in [7, 11) is 1.48. The highest BCUT2D eigenvalue weighted by Gasteiger charge is 2.06. The zero-order valence-corrected chi connectivity index (χ0v) is 8.03. The Balaban J connectivity index is 3.15. The lowest BCUT2D eigenvalue weighted by molar-refractivity contribution is 0.370. The van der Waals surface area contributed by atoms with Gasteiger partial charge < -0.3 is 4.74 Å². The van der Waals surface area contributed by atoms with Crippen molar-refractivity contribution in [2.24, 2.45) is 5.14 Å². The second kappa shape index (κ2) is 4.30. The molecule has 1 aromatic carbocycles. The van der Waals surface area contributed by atoms with Crippen LogP contribution in [0.25, 0.3) is 5.76 Å². The normalized spacial score (nSPS) is 9.77. The molecule has 0 aliphatic carbocycles. The van der Waals surface area contributed by atoms with Crippen molar-refractivity contribution >= 4 is 17.7 Å². The predicted octanol–water partition coefficient (Wildman–Crippen LogP) is 2.41. The van der Waals surface area contributed by atoms with Crippen LogP contribution in [0, 0.1) is 5.82 Å². The number of nitrogens with two attached hydrogens (primary N) is 1. The number of hydrogen-bond donors (Lipinski definition) is 1. The zero-order chi connectivity index (χ0) is 9.84. The van der Waals surface area contributed by atoms with Crippen LogP contribution >= 0.6 is 11.9 Å². The molecule has 13 heavy (non-hydrogen) atoms. The quantitative estimate of drug-likeness (QED) is 0.599. The molecule has 0 amide bonds. The van der Waals surface area contributed by atoms with Crippen LogP contribution in [0.2, 0.25) is 0 Å². The molecule has 2 N–H and O–H groups in total. The molecule has 0 bridgehead atoms. The first-order chi connectivity index (χ1) is 6.19. The zero-order valence-electron chi connectivity index (χ0n) is 7.21. The summed E-state index contributed by atoms with van der Waals surface area (Å²) in [4.78, 5) is 0.744. The Bertz CT molecular complexity index is 327. The number of methoxy groups -OCH3 is 1. The molecule has 0 atom stereocenters. The highest BCUT2D eigenvalue weighted by atomic mass is 32.2. The number of ether oxygens (including phenoxy) is 1. The van der Waals surface area contributed by atoms with E-state index in [0.717, 1.165) is 16.8 Å². The minimum absolute atomic E-state index is 0.328. The standard InChI is InChI=1S/C9H10FNOS/c1-6(12-2)8-5-7(10)3-4-9(8)13-11/h3-5H,1,11H2,2H3. The third-order valence-corrected chi connectivity index (χ3v) is 2.23. The Morgan fingerprint density at radius 3 is 2.85 bits per heavy atom. The van der Waals surface area contributed by atoms with Gasteiger partial charge in [-0.2, -0.15) is 0 Å². The molecule has 1 aromatic rings. The van der Waals surface area contributed by atoms with Gasteiger partial charge in [0.1, 0.15) is 11.6 Å². The second-order valence-electron chi connectivity index (χ2n) is 2.39. The minimum Gasteiger partial charge on any atom is -0.497 e. The van der Waals surface area contributed by atoms with Crippen LogP contribution < -0.4 is 5.14 Å². The summed E-state index contributed by atoms with van der Waals surface area (Å²) in [5, 5.41) is 5.39. The van der Waals surface area contributed by atoms with Crippen LogP contribution in [0.3, 0.4) is 0 Å². The average Bonchev–Trinajstić information content (AvgIpc) is 2.16. The third-order valence-electron chi connectivity index (χ3n) is 1.62. The molecule has 0 unspecified atom stereocenters. The summed E-state index contributed by atoms with van der Waals surface area (Å²) in [6.07, 6.45) is 0. The van der Waals surface area contributed by atoms with E-state index in [4.69, 9.17) is 9.88 Å². The molecule has 0 heterocycles. The van der Waals surface area contributed by atoms with Gasteiger partial charge in [-0.15, -0.1) is 0 Å². The number of halogens is 1. The van der Waals surface area contributed by atoms with Crippen molar-refractivity contribution in [2.75, 3.05) is 7.11 Å². The van der Waals surface area contributed by atoms with Crippen LogP contribution in [0.15, 0.2) is 29.7 Å². The largest absolute Gasteiger partial charge is 0.497 e. The Morgan fingerprint density at radius 1 is 1.62 bits per heavy atom. The molecular weight excluding hydrogens is 189 g/mol. The Hall–Kier alpha value is -1.00. The van der Waals surface area contributed by atoms with Gasteiger partial charge in [-0.1, -0.05) is 6.58 Å². The number of benzene rings is 1. The number of rotatable bonds is 3. The van der Waals surface area contributed by atoms with Crippen molar-refractivity contribution in [1.82, 2.24) is 0 Å². The van der Waals surface area contributed by atoms with E-state index in [1.807, 2.05) is 0 Å². The third kappa shape index (κ3) is 2.23. The maximum atomic E-state index is 12.8. The highest BCUT2D eigenvalue weighted by molar-refractivity contribution is 7.97. The van der Waals surface area contributed by atoms with Crippen molar-refractivity contribution in [1.29, 1.82) is 0 Å². The molecule has 0 aromatic heterocycles. The van der Waals surface area contributed by atoms with Crippen LogP contribution in [-0.4, -0.2) is 7.11 Å². The molecule has 0 fully saturated rings. The van der Waals surface area contributed by atoms with E-state index in [0.29, 0.717) is 11.3 Å². The minimum atomic E-state index is -0.328. The van der Waals surface area contributed by atoms with Crippen molar-refractivity contribution in [3.05, 3.63) is 36.2 Å². The first-order valence-corrected chi connectivity index (χ1v) is 4.46. The molecule has 0 spiro atoms. The molecule has 2 nitrogen and oxygen atoms in total.